The van der Waals surface area contributed by atoms with E-state index < -0.39 is 6.03 Å². The molecule has 0 aromatic carbocycles. The zero-order chi connectivity index (χ0) is 11.5. The number of rotatable bonds is 9. The molecule has 0 aliphatic heterocycles. The molecule has 3 heteroatoms. The maximum Gasteiger partial charge on any atom is 0.336 e. The van der Waals surface area contributed by atoms with Gasteiger partial charge >= 0.3 is 6.03 Å². The number of hydrogen-bond acceptors (Lipinski definition) is 1. The summed E-state index contributed by atoms with van der Waals surface area (Å²) in [4.78, 5) is 12.7. The van der Waals surface area contributed by atoms with E-state index in [0.29, 0.717) is 0 Å². The van der Waals surface area contributed by atoms with Crippen LogP contribution in [0.25, 0.3) is 0 Å². The lowest BCUT2D eigenvalue weighted by Crippen LogP contribution is -2.32. The van der Waals surface area contributed by atoms with Crippen LogP contribution >= 0.6 is 0 Å². The van der Waals surface area contributed by atoms with Gasteiger partial charge in [-0.15, -0.1) is 0 Å². The lowest BCUT2D eigenvalue weighted by atomic mass is 10.2. The van der Waals surface area contributed by atoms with E-state index in [9.17, 15) is 4.79 Å². The first-order valence-corrected chi connectivity index (χ1v) is 6.22. The van der Waals surface area contributed by atoms with E-state index >= 15 is 0 Å². The molecule has 0 aliphatic carbocycles. The Morgan fingerprint density at radius 2 is 1.40 bits per heavy atom. The average Bonchev–Trinajstić information content (AvgIpc) is 2.21. The topological polar surface area (TPSA) is 44.1 Å². The van der Waals surface area contributed by atoms with Crippen LogP contribution in [0.2, 0.25) is 0 Å². The van der Waals surface area contributed by atoms with Gasteiger partial charge in [-0.1, -0.05) is 46.0 Å². The summed E-state index contributed by atoms with van der Waals surface area (Å²) in [5.74, 6) is 0. The van der Waals surface area contributed by atoms with Gasteiger partial charge in [0.05, 0.1) is 0 Å². The maximum absolute atomic E-state index is 11.0. The third-order valence-electron chi connectivity index (χ3n) is 2.60. The second-order valence-electron chi connectivity index (χ2n) is 4.06. The van der Waals surface area contributed by atoms with Crippen LogP contribution in [0.1, 0.15) is 58.8 Å². The van der Waals surface area contributed by atoms with E-state index in [2.05, 4.69) is 13.8 Å². The largest absolute Gasteiger partial charge is 0.336 e. The van der Waals surface area contributed by atoms with Crippen molar-refractivity contribution in [2.24, 2.45) is 0 Å². The van der Waals surface area contributed by atoms with E-state index in [1.54, 1.807) is 4.90 Å². The second kappa shape index (κ2) is 9.81. The van der Waals surface area contributed by atoms with Gasteiger partial charge in [-0.25, -0.2) is 10.5 Å². The number of unbranched alkanes of at least 4 members (excludes halogenated alkanes) is 5. The van der Waals surface area contributed by atoms with E-state index in [-0.39, 0.29) is 0 Å². The van der Waals surface area contributed by atoms with Crippen molar-refractivity contribution in [2.45, 2.75) is 58.8 Å². The quantitative estimate of drug-likeness (QED) is 0.541. The molecule has 0 saturated carbocycles. The minimum Gasteiger partial charge on any atom is -0.323 e. The van der Waals surface area contributed by atoms with Crippen LogP contribution in [0.4, 0.5) is 4.79 Å². The van der Waals surface area contributed by atoms with Crippen LogP contribution < -0.4 is 5.73 Å². The molecule has 0 bridgehead atoms. The van der Waals surface area contributed by atoms with Crippen LogP contribution in [0.15, 0.2) is 0 Å². The predicted octanol–water partition coefficient (Wildman–Crippen LogP) is 3.46. The standard InChI is InChI=1S/C12H25N2O/c1-3-5-7-9-11-14(12(13)15)10-8-6-4-2/h13H,3-11H2,1-2H3. The van der Waals surface area contributed by atoms with Gasteiger partial charge in [0, 0.05) is 13.1 Å². The van der Waals surface area contributed by atoms with Gasteiger partial charge in [-0.05, 0) is 12.8 Å². The zero-order valence-electron chi connectivity index (χ0n) is 10.2. The smallest absolute Gasteiger partial charge is 0.323 e. The summed E-state index contributed by atoms with van der Waals surface area (Å²) >= 11 is 0. The number of carbonyl (C=O) groups is 1. The highest BCUT2D eigenvalue weighted by molar-refractivity contribution is 5.71. The fourth-order valence-electron chi connectivity index (χ4n) is 1.60. The molecule has 2 amide bonds. The van der Waals surface area contributed by atoms with Crippen molar-refractivity contribution in [1.82, 2.24) is 10.6 Å². The Balaban J connectivity index is 3.59. The third kappa shape index (κ3) is 8.28. The van der Waals surface area contributed by atoms with Crippen LogP contribution in [-0.2, 0) is 0 Å². The van der Waals surface area contributed by atoms with Gasteiger partial charge in [-0.3, -0.25) is 0 Å². The molecular weight excluding hydrogens is 188 g/mol. The number of nitrogens with zero attached hydrogens (tertiary/aromatic N) is 1. The number of carbonyl (C=O) groups excluding carboxylic acids is 1. The molecule has 0 aromatic heterocycles. The molecule has 0 rings (SSSR count). The predicted molar refractivity (Wildman–Crippen MR) is 63.7 cm³/mol. The van der Waals surface area contributed by atoms with Crippen molar-refractivity contribution in [3.05, 3.63) is 0 Å². The maximum atomic E-state index is 11.0. The molecule has 0 unspecified atom stereocenters. The minimum absolute atomic E-state index is 0.511. The molecule has 0 atom stereocenters. The van der Waals surface area contributed by atoms with Crippen LogP contribution in [-0.4, -0.2) is 24.0 Å². The van der Waals surface area contributed by atoms with Crippen molar-refractivity contribution in [3.8, 4) is 0 Å². The zero-order valence-corrected chi connectivity index (χ0v) is 10.2. The first-order chi connectivity index (χ1) is 7.22. The molecule has 15 heavy (non-hydrogen) atoms. The fraction of sp³-hybridized carbons (Fsp3) is 0.917. The summed E-state index contributed by atoms with van der Waals surface area (Å²) in [5.41, 5.74) is 7.14. The van der Waals surface area contributed by atoms with Gasteiger partial charge in [-0.2, -0.15) is 0 Å². The molecule has 0 aliphatic rings. The van der Waals surface area contributed by atoms with Gasteiger partial charge in [0.1, 0.15) is 0 Å². The number of hydrogen-bond donors (Lipinski definition) is 0. The minimum atomic E-state index is -0.511. The highest BCUT2D eigenvalue weighted by atomic mass is 16.2. The Morgan fingerprint density at radius 1 is 0.933 bits per heavy atom. The average molecular weight is 213 g/mol. The van der Waals surface area contributed by atoms with Crippen LogP contribution in [0, 0.1) is 0 Å². The third-order valence-corrected chi connectivity index (χ3v) is 2.60. The van der Waals surface area contributed by atoms with Gasteiger partial charge in [0.2, 0.25) is 0 Å². The summed E-state index contributed by atoms with van der Waals surface area (Å²) in [6.45, 7) is 5.86. The number of urea groups is 1. The summed E-state index contributed by atoms with van der Waals surface area (Å²) in [6.07, 6.45) is 8.02. The van der Waals surface area contributed by atoms with Crippen molar-refractivity contribution in [3.63, 3.8) is 0 Å². The van der Waals surface area contributed by atoms with Crippen molar-refractivity contribution in [2.75, 3.05) is 13.1 Å². The molecule has 1 radical (unpaired) electrons. The lowest BCUT2D eigenvalue weighted by Gasteiger charge is -2.19. The Labute approximate surface area is 94.0 Å². The summed E-state index contributed by atoms with van der Waals surface area (Å²) in [6, 6.07) is -0.511. The molecule has 89 valence electrons. The molecule has 1 N–H and O–H groups in total. The molecule has 0 aromatic rings. The number of nitrogens with one attached hydrogen (secondary N) is 1. The Morgan fingerprint density at radius 3 is 1.87 bits per heavy atom. The second-order valence-corrected chi connectivity index (χ2v) is 4.06. The van der Waals surface area contributed by atoms with E-state index in [1.807, 2.05) is 0 Å². The molecule has 0 fully saturated rings. The molecular formula is C12H25N2O. The highest BCUT2D eigenvalue weighted by Crippen LogP contribution is 2.04. The molecule has 3 nitrogen and oxygen atoms in total. The van der Waals surface area contributed by atoms with Crippen LogP contribution in [0.5, 0.6) is 0 Å². The van der Waals surface area contributed by atoms with Gasteiger partial charge < -0.3 is 4.90 Å². The molecule has 0 saturated heterocycles. The Kier molecular flexibility index (Phi) is 9.33. The summed E-state index contributed by atoms with van der Waals surface area (Å²) in [5, 5.41) is 0. The lowest BCUT2D eigenvalue weighted by molar-refractivity contribution is 0.203. The first-order valence-electron chi connectivity index (χ1n) is 6.22. The monoisotopic (exact) mass is 213 g/mol. The molecule has 0 heterocycles. The Hall–Kier alpha value is -0.730. The van der Waals surface area contributed by atoms with Crippen molar-refractivity contribution < 1.29 is 4.79 Å². The summed E-state index contributed by atoms with van der Waals surface area (Å²) in [7, 11) is 0. The van der Waals surface area contributed by atoms with Crippen molar-refractivity contribution >= 4 is 6.03 Å². The SMILES string of the molecule is CCCCCCN(CCCCC)C([NH])=O. The van der Waals surface area contributed by atoms with E-state index in [4.69, 9.17) is 5.73 Å². The first kappa shape index (κ1) is 14.3. The summed E-state index contributed by atoms with van der Waals surface area (Å²) < 4.78 is 0. The van der Waals surface area contributed by atoms with Crippen LogP contribution in [0.3, 0.4) is 0 Å². The highest BCUT2D eigenvalue weighted by Gasteiger charge is 2.08. The van der Waals surface area contributed by atoms with Gasteiger partial charge in [0.15, 0.2) is 0 Å². The number of amides is 2. The van der Waals surface area contributed by atoms with Gasteiger partial charge in [0.25, 0.3) is 0 Å². The van der Waals surface area contributed by atoms with E-state index in [0.717, 1.165) is 38.8 Å². The normalized spacial score (nSPS) is 10.3. The Bertz CT molecular complexity index is 160. The molecule has 0 spiro atoms. The van der Waals surface area contributed by atoms with E-state index in [1.165, 1.54) is 19.3 Å². The van der Waals surface area contributed by atoms with Crippen molar-refractivity contribution in [1.29, 1.82) is 0 Å². The fourth-order valence-corrected chi connectivity index (χ4v) is 1.60.